The molecule has 0 saturated carbocycles. The quantitative estimate of drug-likeness (QED) is 0.721. The standard InChI is InChI=1S/C22H16FN5O/c23-16-10-8-15(9-11-16)21-26-22-25-17-2-1-3-18(29)19(17)20(28(22)27-21)14-6-4-13(12-24)5-7-14/h4-11,20H,1-3H2,(H,25,26,27). The van der Waals surface area contributed by atoms with Crippen molar-refractivity contribution in [2.75, 3.05) is 5.32 Å². The van der Waals surface area contributed by atoms with E-state index in [2.05, 4.69) is 21.5 Å². The summed E-state index contributed by atoms with van der Waals surface area (Å²) in [6.45, 7) is 0. The molecule has 1 aliphatic carbocycles. The summed E-state index contributed by atoms with van der Waals surface area (Å²) in [4.78, 5) is 17.4. The Morgan fingerprint density at radius 3 is 2.59 bits per heavy atom. The molecule has 142 valence electrons. The molecule has 5 rings (SSSR count). The van der Waals surface area contributed by atoms with Crippen LogP contribution in [0.25, 0.3) is 11.4 Å². The molecule has 0 radical (unpaired) electrons. The summed E-state index contributed by atoms with van der Waals surface area (Å²) in [7, 11) is 0. The van der Waals surface area contributed by atoms with Crippen molar-refractivity contribution in [1.29, 1.82) is 5.26 Å². The van der Waals surface area contributed by atoms with Crippen molar-refractivity contribution in [3.8, 4) is 17.5 Å². The zero-order valence-corrected chi connectivity index (χ0v) is 15.4. The Hall–Kier alpha value is -3.79. The average molecular weight is 385 g/mol. The molecular formula is C22H16FN5O. The van der Waals surface area contributed by atoms with Crippen molar-refractivity contribution in [2.24, 2.45) is 0 Å². The lowest BCUT2D eigenvalue weighted by atomic mass is 9.85. The van der Waals surface area contributed by atoms with Crippen molar-refractivity contribution >= 4 is 11.7 Å². The van der Waals surface area contributed by atoms with E-state index in [0.717, 1.165) is 24.1 Å². The number of Topliss-reactive ketones (excluding diaryl/α,β-unsaturated/α-hetero) is 1. The maximum absolute atomic E-state index is 13.3. The molecule has 1 aliphatic heterocycles. The molecule has 0 bridgehead atoms. The molecule has 2 heterocycles. The number of carbonyl (C=O) groups is 1. The van der Waals surface area contributed by atoms with Crippen molar-refractivity contribution in [1.82, 2.24) is 14.8 Å². The van der Waals surface area contributed by atoms with Crippen LogP contribution in [0.15, 0.2) is 59.8 Å². The van der Waals surface area contributed by atoms with Crippen LogP contribution in [0.2, 0.25) is 0 Å². The van der Waals surface area contributed by atoms with E-state index >= 15 is 0 Å². The van der Waals surface area contributed by atoms with Gasteiger partial charge in [-0.15, -0.1) is 5.10 Å². The number of allylic oxidation sites excluding steroid dienone is 2. The number of nitrogens with zero attached hydrogens (tertiary/aromatic N) is 4. The monoisotopic (exact) mass is 385 g/mol. The number of fused-ring (bicyclic) bond motifs is 1. The molecule has 1 aromatic heterocycles. The number of nitriles is 1. The van der Waals surface area contributed by atoms with Gasteiger partial charge in [0.1, 0.15) is 11.9 Å². The largest absolute Gasteiger partial charge is 0.328 e. The van der Waals surface area contributed by atoms with Crippen LogP contribution in [-0.2, 0) is 4.79 Å². The number of rotatable bonds is 2. The normalized spacial score (nSPS) is 17.9. The van der Waals surface area contributed by atoms with Crippen LogP contribution in [0.3, 0.4) is 0 Å². The van der Waals surface area contributed by atoms with Gasteiger partial charge in [-0.25, -0.2) is 9.07 Å². The van der Waals surface area contributed by atoms with Gasteiger partial charge in [0.05, 0.1) is 11.6 Å². The van der Waals surface area contributed by atoms with E-state index < -0.39 is 6.04 Å². The summed E-state index contributed by atoms with van der Waals surface area (Å²) in [6.07, 6.45) is 2.07. The number of nitrogens with one attached hydrogen (secondary N) is 1. The lowest BCUT2D eigenvalue weighted by Crippen LogP contribution is -2.31. The highest BCUT2D eigenvalue weighted by Crippen LogP contribution is 2.40. The van der Waals surface area contributed by atoms with E-state index in [1.807, 2.05) is 12.1 Å². The third-order valence-corrected chi connectivity index (χ3v) is 5.33. The summed E-state index contributed by atoms with van der Waals surface area (Å²) in [6, 6.07) is 14.9. The Kier molecular flexibility index (Phi) is 3.98. The van der Waals surface area contributed by atoms with Crippen LogP contribution in [0.4, 0.5) is 10.3 Å². The van der Waals surface area contributed by atoms with Gasteiger partial charge in [0.15, 0.2) is 11.6 Å². The first-order chi connectivity index (χ1) is 14.1. The summed E-state index contributed by atoms with van der Waals surface area (Å²) in [5.41, 5.74) is 3.69. The first kappa shape index (κ1) is 17.3. The number of ketones is 1. The van der Waals surface area contributed by atoms with Gasteiger partial charge in [0, 0.05) is 23.3 Å². The minimum absolute atomic E-state index is 0.0950. The fourth-order valence-electron chi connectivity index (χ4n) is 3.93. The van der Waals surface area contributed by atoms with E-state index in [4.69, 9.17) is 5.26 Å². The molecule has 1 unspecified atom stereocenters. The number of hydrogen-bond acceptors (Lipinski definition) is 5. The molecular weight excluding hydrogens is 369 g/mol. The lowest BCUT2D eigenvalue weighted by Gasteiger charge is -2.32. The topological polar surface area (TPSA) is 83.6 Å². The van der Waals surface area contributed by atoms with Gasteiger partial charge in [-0.2, -0.15) is 10.2 Å². The number of carbonyl (C=O) groups excluding carboxylic acids is 1. The molecule has 2 aliphatic rings. The highest BCUT2D eigenvalue weighted by atomic mass is 19.1. The first-order valence-electron chi connectivity index (χ1n) is 9.40. The van der Waals surface area contributed by atoms with E-state index in [1.54, 1.807) is 28.9 Å². The second-order valence-corrected chi connectivity index (χ2v) is 7.14. The minimum Gasteiger partial charge on any atom is -0.328 e. The Morgan fingerprint density at radius 2 is 1.86 bits per heavy atom. The van der Waals surface area contributed by atoms with Gasteiger partial charge in [-0.3, -0.25) is 4.79 Å². The number of anilines is 1. The van der Waals surface area contributed by atoms with Crippen LogP contribution in [-0.4, -0.2) is 20.5 Å². The molecule has 0 fully saturated rings. The first-order valence-corrected chi connectivity index (χ1v) is 9.40. The van der Waals surface area contributed by atoms with Crippen LogP contribution >= 0.6 is 0 Å². The predicted molar refractivity (Wildman–Crippen MR) is 104 cm³/mol. The molecule has 6 nitrogen and oxygen atoms in total. The molecule has 2 aromatic carbocycles. The third kappa shape index (κ3) is 2.90. The molecule has 0 amide bonds. The summed E-state index contributed by atoms with van der Waals surface area (Å²) in [5, 5.41) is 17.0. The third-order valence-electron chi connectivity index (χ3n) is 5.33. The molecule has 0 spiro atoms. The van der Waals surface area contributed by atoms with E-state index in [0.29, 0.717) is 34.9 Å². The fraction of sp³-hybridized carbons (Fsp3) is 0.182. The zero-order chi connectivity index (χ0) is 20.0. The average Bonchev–Trinajstić information content (AvgIpc) is 3.17. The number of halogens is 1. The van der Waals surface area contributed by atoms with Gasteiger partial charge in [-0.05, 0) is 54.8 Å². The van der Waals surface area contributed by atoms with Crippen molar-refractivity contribution in [3.05, 3.63) is 76.7 Å². The van der Waals surface area contributed by atoms with Crippen LogP contribution < -0.4 is 5.32 Å². The van der Waals surface area contributed by atoms with Gasteiger partial charge in [0.2, 0.25) is 5.95 Å². The van der Waals surface area contributed by atoms with Crippen LogP contribution in [0.1, 0.15) is 36.4 Å². The van der Waals surface area contributed by atoms with Crippen molar-refractivity contribution < 1.29 is 9.18 Å². The minimum atomic E-state index is -0.413. The highest BCUT2D eigenvalue weighted by Gasteiger charge is 2.36. The maximum Gasteiger partial charge on any atom is 0.226 e. The summed E-state index contributed by atoms with van der Waals surface area (Å²) < 4.78 is 15.0. The Bertz CT molecular complexity index is 1190. The van der Waals surface area contributed by atoms with Gasteiger partial charge < -0.3 is 5.32 Å². The Morgan fingerprint density at radius 1 is 1.10 bits per heavy atom. The van der Waals surface area contributed by atoms with Crippen molar-refractivity contribution in [2.45, 2.75) is 25.3 Å². The lowest BCUT2D eigenvalue weighted by molar-refractivity contribution is -0.116. The molecule has 7 heteroatoms. The fourth-order valence-corrected chi connectivity index (χ4v) is 3.93. The second-order valence-electron chi connectivity index (χ2n) is 7.14. The van der Waals surface area contributed by atoms with Crippen LogP contribution in [0, 0.1) is 17.1 Å². The van der Waals surface area contributed by atoms with Gasteiger partial charge in [-0.1, -0.05) is 12.1 Å². The molecule has 1 atom stereocenters. The Balaban J connectivity index is 1.66. The molecule has 0 saturated heterocycles. The molecule has 3 aromatic rings. The van der Waals surface area contributed by atoms with E-state index in [9.17, 15) is 9.18 Å². The molecule has 29 heavy (non-hydrogen) atoms. The predicted octanol–water partition coefficient (Wildman–Crippen LogP) is 3.98. The summed E-state index contributed by atoms with van der Waals surface area (Å²) >= 11 is 0. The summed E-state index contributed by atoms with van der Waals surface area (Å²) in [5.74, 6) is 0.775. The Labute approximate surface area is 166 Å². The van der Waals surface area contributed by atoms with Crippen molar-refractivity contribution in [3.63, 3.8) is 0 Å². The maximum atomic E-state index is 13.3. The SMILES string of the molecule is N#Cc1ccc(C2C3=C(CCCC3=O)Nc3nc(-c4ccc(F)cc4)nn32)cc1. The number of hydrogen-bond donors (Lipinski definition) is 1. The zero-order valence-electron chi connectivity index (χ0n) is 15.4. The number of benzene rings is 2. The second kappa shape index (κ2) is 6.67. The molecule has 1 N–H and O–H groups in total. The van der Waals surface area contributed by atoms with Gasteiger partial charge in [0.25, 0.3) is 0 Å². The van der Waals surface area contributed by atoms with E-state index in [-0.39, 0.29) is 11.6 Å². The smallest absolute Gasteiger partial charge is 0.226 e. The van der Waals surface area contributed by atoms with Crippen LogP contribution in [0.5, 0.6) is 0 Å². The highest BCUT2D eigenvalue weighted by molar-refractivity contribution is 5.99. The van der Waals surface area contributed by atoms with Gasteiger partial charge >= 0.3 is 0 Å². The number of aromatic nitrogens is 3. The van der Waals surface area contributed by atoms with E-state index in [1.165, 1.54) is 12.1 Å².